The number of carbonyl (C=O) groups is 1. The van der Waals surface area contributed by atoms with Crippen LogP contribution in [0.3, 0.4) is 0 Å². The molecule has 2 aromatic carbocycles. The zero-order chi connectivity index (χ0) is 32.1. The number of hydrogen-bond donors (Lipinski definition) is 0. The van der Waals surface area contributed by atoms with Crippen LogP contribution in [0.1, 0.15) is 44.7 Å². The molecule has 0 amide bonds. The van der Waals surface area contributed by atoms with E-state index in [1.54, 1.807) is 36.4 Å². The molecule has 5 atom stereocenters. The zero-order valence-corrected chi connectivity index (χ0v) is 30.1. The summed E-state index contributed by atoms with van der Waals surface area (Å²) in [5.74, 6) is 0.812. The molecule has 44 heavy (non-hydrogen) atoms. The van der Waals surface area contributed by atoms with Crippen LogP contribution in [0.4, 0.5) is 0 Å². The summed E-state index contributed by atoms with van der Waals surface area (Å²) in [7, 11) is -1.99. The summed E-state index contributed by atoms with van der Waals surface area (Å²) in [6.07, 6.45) is 2.28. The summed E-state index contributed by atoms with van der Waals surface area (Å²) < 4.78 is 32.2. The lowest BCUT2D eigenvalue weighted by Gasteiger charge is -2.49. The van der Waals surface area contributed by atoms with Crippen molar-refractivity contribution in [2.75, 3.05) is 19.8 Å². The van der Waals surface area contributed by atoms with Crippen molar-refractivity contribution in [2.24, 2.45) is 16.2 Å². The molecule has 240 valence electrons. The van der Waals surface area contributed by atoms with Crippen molar-refractivity contribution < 1.29 is 28.2 Å². The number of ether oxygens (including phenoxy) is 4. The molecular weight excluding hydrogens is 662 g/mol. The molecule has 0 unspecified atom stereocenters. The number of benzene rings is 2. The van der Waals surface area contributed by atoms with Gasteiger partial charge in [-0.15, -0.1) is 0 Å². The SMILES string of the molecule is CCO[C@@H]1C[C@]23C=C(O[Si](C)(C)C)C[C@@]2(O1)[C@@](C)(COCc1c(Cl)cccc1Cl)[C@@](C)(COCc1c(Cl)cccc1Cl)C3=O. The second-order valence-electron chi connectivity index (χ2n) is 13.4. The standard InChI is InChI=1S/C33H40Cl4O6Si/c1-7-41-28-16-32-14-21(43-44(4,5)6)15-33(32,42-28)31(3,20-40-18-23-26(36)12-9-13-27(23)37)30(2,29(32)38)19-39-17-22-24(34)10-8-11-25(22)35/h8-14,28H,7,15-20H2,1-6H3/t28-,30-,31-,32-,33+/m0/s1. The Kier molecular flexibility index (Phi) is 9.70. The summed E-state index contributed by atoms with van der Waals surface area (Å²) in [6.45, 7) is 13.4. The largest absolute Gasteiger partial charge is 0.547 e. The van der Waals surface area contributed by atoms with Gasteiger partial charge in [-0.25, -0.2) is 0 Å². The van der Waals surface area contributed by atoms with E-state index in [4.69, 9.17) is 69.8 Å². The Morgan fingerprint density at radius 3 is 1.91 bits per heavy atom. The molecule has 0 bridgehead atoms. The summed E-state index contributed by atoms with van der Waals surface area (Å²) in [4.78, 5) is 15.0. The van der Waals surface area contributed by atoms with Gasteiger partial charge in [0.15, 0.2) is 12.1 Å². The van der Waals surface area contributed by atoms with E-state index in [0.29, 0.717) is 50.7 Å². The van der Waals surface area contributed by atoms with Crippen molar-refractivity contribution in [3.8, 4) is 0 Å². The highest BCUT2D eigenvalue weighted by Gasteiger charge is 2.84. The summed E-state index contributed by atoms with van der Waals surface area (Å²) in [6, 6.07) is 10.7. The van der Waals surface area contributed by atoms with Crippen LogP contribution in [0.15, 0.2) is 48.2 Å². The Hall–Kier alpha value is -1.13. The minimum absolute atomic E-state index is 0.0218. The van der Waals surface area contributed by atoms with Crippen LogP contribution >= 0.6 is 46.4 Å². The van der Waals surface area contributed by atoms with Crippen LogP contribution in [-0.4, -0.2) is 45.8 Å². The third-order valence-electron chi connectivity index (χ3n) is 9.58. The van der Waals surface area contributed by atoms with Gasteiger partial charge in [-0.05, 0) is 63.8 Å². The quantitative estimate of drug-likeness (QED) is 0.206. The monoisotopic (exact) mass is 700 g/mol. The molecule has 1 saturated heterocycles. The molecule has 0 N–H and O–H groups in total. The fraction of sp³-hybridized carbons (Fsp3) is 0.545. The minimum atomic E-state index is -1.99. The molecular formula is C33H40Cl4O6Si. The van der Waals surface area contributed by atoms with Gasteiger partial charge in [-0.3, -0.25) is 4.79 Å². The average Bonchev–Trinajstić information content (AvgIpc) is 3.43. The van der Waals surface area contributed by atoms with Gasteiger partial charge < -0.3 is 23.4 Å². The third-order valence-corrected chi connectivity index (χ3v) is 11.9. The van der Waals surface area contributed by atoms with E-state index < -0.39 is 36.5 Å². The van der Waals surface area contributed by atoms with E-state index >= 15 is 4.79 Å². The van der Waals surface area contributed by atoms with Gasteiger partial charge in [0.25, 0.3) is 0 Å². The maximum atomic E-state index is 15.0. The van der Waals surface area contributed by atoms with Crippen LogP contribution in [0, 0.1) is 16.2 Å². The summed E-state index contributed by atoms with van der Waals surface area (Å²) >= 11 is 25.8. The summed E-state index contributed by atoms with van der Waals surface area (Å²) in [5, 5.41) is 2.05. The minimum Gasteiger partial charge on any atom is -0.547 e. The maximum Gasteiger partial charge on any atom is 0.241 e. The molecule has 1 saturated carbocycles. The molecule has 6 nitrogen and oxygen atoms in total. The molecule has 11 heteroatoms. The van der Waals surface area contributed by atoms with E-state index in [2.05, 4.69) is 26.6 Å². The van der Waals surface area contributed by atoms with Gasteiger partial charge >= 0.3 is 0 Å². The first-order valence-electron chi connectivity index (χ1n) is 14.9. The Morgan fingerprint density at radius 1 is 0.886 bits per heavy atom. The highest BCUT2D eigenvalue weighted by molar-refractivity contribution is 6.70. The number of Topliss-reactive ketones (excluding diaryl/α,β-unsaturated/α-hetero) is 1. The van der Waals surface area contributed by atoms with Gasteiger partial charge in [0.2, 0.25) is 8.32 Å². The molecule has 5 rings (SSSR count). The Balaban J connectivity index is 1.54. The average molecular weight is 703 g/mol. The topological polar surface area (TPSA) is 63.2 Å². The number of rotatable bonds is 12. The van der Waals surface area contributed by atoms with Crippen molar-refractivity contribution >= 4 is 60.5 Å². The smallest absolute Gasteiger partial charge is 0.241 e. The van der Waals surface area contributed by atoms with Gasteiger partial charge in [0.1, 0.15) is 5.60 Å². The lowest BCUT2D eigenvalue weighted by atomic mass is 9.61. The molecule has 2 aromatic rings. The molecule has 1 heterocycles. The Morgan fingerprint density at radius 2 is 1.41 bits per heavy atom. The molecule has 1 aliphatic heterocycles. The van der Waals surface area contributed by atoms with Gasteiger partial charge in [-0.2, -0.15) is 0 Å². The third kappa shape index (κ3) is 5.58. The fourth-order valence-corrected chi connectivity index (χ4v) is 9.32. The molecule has 2 fully saturated rings. The van der Waals surface area contributed by atoms with E-state index in [1.165, 1.54) is 0 Å². The highest BCUT2D eigenvalue weighted by atomic mass is 35.5. The zero-order valence-electron chi connectivity index (χ0n) is 26.0. The van der Waals surface area contributed by atoms with Gasteiger partial charge in [0.05, 0.1) is 43.0 Å². The van der Waals surface area contributed by atoms with E-state index in [0.717, 1.165) is 5.76 Å². The first-order chi connectivity index (χ1) is 20.6. The van der Waals surface area contributed by atoms with Crippen molar-refractivity contribution in [3.05, 3.63) is 79.5 Å². The number of hydrogen-bond acceptors (Lipinski definition) is 6. The van der Waals surface area contributed by atoms with E-state index in [1.807, 2.05) is 19.9 Å². The second-order valence-corrected chi connectivity index (χ2v) is 19.4. The van der Waals surface area contributed by atoms with Crippen LogP contribution in [0.5, 0.6) is 0 Å². The first-order valence-corrected chi connectivity index (χ1v) is 19.8. The maximum absolute atomic E-state index is 15.0. The molecule has 2 aliphatic carbocycles. The van der Waals surface area contributed by atoms with Gasteiger partial charge in [-0.1, -0.05) is 65.5 Å². The van der Waals surface area contributed by atoms with Crippen molar-refractivity contribution in [3.63, 3.8) is 0 Å². The molecule has 0 spiro atoms. The van der Waals surface area contributed by atoms with Crippen molar-refractivity contribution in [2.45, 2.75) is 78.4 Å². The van der Waals surface area contributed by atoms with E-state index in [9.17, 15) is 0 Å². The number of ketones is 1. The lowest BCUT2D eigenvalue weighted by molar-refractivity contribution is -0.233. The van der Waals surface area contributed by atoms with Crippen LogP contribution in [0.2, 0.25) is 39.7 Å². The molecule has 0 aromatic heterocycles. The molecule has 0 radical (unpaired) electrons. The van der Waals surface area contributed by atoms with Crippen molar-refractivity contribution in [1.82, 2.24) is 0 Å². The predicted molar refractivity (Wildman–Crippen MR) is 177 cm³/mol. The van der Waals surface area contributed by atoms with Crippen LogP contribution in [-0.2, 0) is 41.4 Å². The van der Waals surface area contributed by atoms with Crippen LogP contribution < -0.4 is 0 Å². The van der Waals surface area contributed by atoms with Crippen molar-refractivity contribution in [1.29, 1.82) is 0 Å². The highest BCUT2D eigenvalue weighted by Crippen LogP contribution is 2.75. The van der Waals surface area contributed by atoms with Gasteiger partial charge in [0, 0.05) is 56.1 Å². The lowest BCUT2D eigenvalue weighted by Crippen LogP contribution is -2.56. The summed E-state index contributed by atoms with van der Waals surface area (Å²) in [5.41, 5.74) is -2.53. The normalized spacial score (nSPS) is 31.3. The van der Waals surface area contributed by atoms with Crippen LogP contribution in [0.25, 0.3) is 0 Å². The molecule has 3 aliphatic rings. The second kappa shape index (κ2) is 12.5. The fourth-order valence-electron chi connectivity index (χ4n) is 7.39. The number of halogens is 4. The predicted octanol–water partition coefficient (Wildman–Crippen LogP) is 9.28. The first kappa shape index (κ1) is 34.2. The van der Waals surface area contributed by atoms with E-state index in [-0.39, 0.29) is 32.2 Å². The Labute approximate surface area is 281 Å². The Bertz CT molecular complexity index is 1420. The number of carbonyl (C=O) groups excluding carboxylic acids is 1.